The van der Waals surface area contributed by atoms with E-state index in [9.17, 15) is 8.78 Å². The molecule has 1 fully saturated rings. The van der Waals surface area contributed by atoms with Crippen molar-refractivity contribution in [1.29, 1.82) is 0 Å². The van der Waals surface area contributed by atoms with Crippen molar-refractivity contribution in [2.24, 2.45) is 4.99 Å². The van der Waals surface area contributed by atoms with Gasteiger partial charge in [0.05, 0.1) is 5.69 Å². The van der Waals surface area contributed by atoms with Gasteiger partial charge >= 0.3 is 6.61 Å². The average molecular weight is 539 g/mol. The van der Waals surface area contributed by atoms with Crippen molar-refractivity contribution < 1.29 is 13.5 Å². The fraction of sp³-hybridized carbons (Fsp3) is 0.667. The number of nitrogens with zero attached hydrogens (tertiary/aromatic N) is 3. The second-order valence-electron chi connectivity index (χ2n) is 7.16. The maximum absolute atomic E-state index is 12.7. The number of unbranched alkanes of at least 4 members (excludes halogenated alkanes) is 1. The van der Waals surface area contributed by atoms with Gasteiger partial charge in [0.25, 0.3) is 0 Å². The molecule has 6 nitrogen and oxygen atoms in total. The van der Waals surface area contributed by atoms with E-state index in [1.54, 1.807) is 19.2 Å². The standard InChI is InChI=1S/C21H35F2N5O.HI/c1-4-27(5-2)14-9-8-13-25-21(24-3)26-17-12-15-28(16-17)18-10-6-7-11-19(18)29-20(22)23;/h6-7,10-11,17,20H,4-5,8-9,12-16H2,1-3H3,(H2,24,25,26);1H. The summed E-state index contributed by atoms with van der Waals surface area (Å²) in [5.74, 6) is 1.01. The van der Waals surface area contributed by atoms with Crippen LogP contribution in [0.5, 0.6) is 5.75 Å². The Morgan fingerprint density at radius 1 is 1.27 bits per heavy atom. The predicted octanol–water partition coefficient (Wildman–Crippen LogP) is 3.77. The van der Waals surface area contributed by atoms with Gasteiger partial charge in [0, 0.05) is 32.7 Å². The second kappa shape index (κ2) is 14.6. The summed E-state index contributed by atoms with van der Waals surface area (Å²) < 4.78 is 30.0. The fourth-order valence-corrected chi connectivity index (χ4v) is 3.61. The summed E-state index contributed by atoms with van der Waals surface area (Å²) >= 11 is 0. The van der Waals surface area contributed by atoms with Gasteiger partial charge in [0.2, 0.25) is 0 Å². The van der Waals surface area contributed by atoms with Gasteiger partial charge in [-0.3, -0.25) is 4.99 Å². The molecule has 0 amide bonds. The summed E-state index contributed by atoms with van der Waals surface area (Å²) in [4.78, 5) is 8.82. The largest absolute Gasteiger partial charge is 0.433 e. The minimum Gasteiger partial charge on any atom is -0.433 e. The molecule has 1 atom stereocenters. The zero-order valence-electron chi connectivity index (χ0n) is 18.2. The molecule has 1 aliphatic rings. The number of hydrogen-bond donors (Lipinski definition) is 2. The number of para-hydroxylation sites is 2. The normalized spacial score (nSPS) is 16.7. The maximum Gasteiger partial charge on any atom is 0.387 e. The van der Waals surface area contributed by atoms with Crippen LogP contribution in [0.1, 0.15) is 33.1 Å². The number of benzene rings is 1. The molecular weight excluding hydrogens is 503 g/mol. The molecule has 1 heterocycles. The Bertz CT molecular complexity index is 631. The van der Waals surface area contributed by atoms with E-state index in [0.29, 0.717) is 12.2 Å². The molecule has 2 rings (SSSR count). The molecule has 30 heavy (non-hydrogen) atoms. The van der Waals surface area contributed by atoms with E-state index in [1.165, 1.54) is 0 Å². The summed E-state index contributed by atoms with van der Waals surface area (Å²) in [5, 5.41) is 6.82. The van der Waals surface area contributed by atoms with Gasteiger partial charge in [0.1, 0.15) is 5.75 Å². The molecule has 0 aliphatic carbocycles. The van der Waals surface area contributed by atoms with Crippen LogP contribution in [0.15, 0.2) is 29.3 Å². The van der Waals surface area contributed by atoms with E-state index in [4.69, 9.17) is 0 Å². The Kier molecular flexibility index (Phi) is 13.0. The molecule has 1 aliphatic heterocycles. The van der Waals surface area contributed by atoms with E-state index in [2.05, 4.69) is 44.0 Å². The van der Waals surface area contributed by atoms with E-state index >= 15 is 0 Å². The van der Waals surface area contributed by atoms with Crippen LogP contribution in [0.2, 0.25) is 0 Å². The number of anilines is 1. The van der Waals surface area contributed by atoms with Crippen LogP contribution in [-0.4, -0.2) is 69.8 Å². The van der Waals surface area contributed by atoms with Crippen molar-refractivity contribution >= 4 is 35.6 Å². The molecule has 0 bridgehead atoms. The highest BCUT2D eigenvalue weighted by molar-refractivity contribution is 14.0. The smallest absolute Gasteiger partial charge is 0.387 e. The fourth-order valence-electron chi connectivity index (χ4n) is 3.61. The molecule has 9 heteroatoms. The average Bonchev–Trinajstić information content (AvgIpc) is 3.18. The van der Waals surface area contributed by atoms with Crippen molar-refractivity contribution in [3.05, 3.63) is 24.3 Å². The maximum atomic E-state index is 12.7. The lowest BCUT2D eigenvalue weighted by Crippen LogP contribution is -2.45. The number of guanidine groups is 1. The molecule has 1 aromatic rings. The molecule has 172 valence electrons. The van der Waals surface area contributed by atoms with Crippen LogP contribution >= 0.6 is 24.0 Å². The number of aliphatic imine (C=N–C) groups is 1. The van der Waals surface area contributed by atoms with Crippen molar-refractivity contribution in [3.8, 4) is 5.75 Å². The summed E-state index contributed by atoms with van der Waals surface area (Å²) in [6, 6.07) is 7.16. The van der Waals surface area contributed by atoms with Gasteiger partial charge in [-0.25, -0.2) is 0 Å². The van der Waals surface area contributed by atoms with E-state index in [-0.39, 0.29) is 35.8 Å². The lowest BCUT2D eigenvalue weighted by molar-refractivity contribution is -0.0495. The number of halogens is 3. The minimum absolute atomic E-state index is 0. The number of alkyl halides is 2. The number of hydrogen-bond acceptors (Lipinski definition) is 4. The molecule has 0 aromatic heterocycles. The first-order valence-corrected chi connectivity index (χ1v) is 10.6. The Morgan fingerprint density at radius 3 is 2.67 bits per heavy atom. The SMILES string of the molecule is CCN(CC)CCCCNC(=NC)NC1CCN(c2ccccc2OC(F)F)C1.I. The monoisotopic (exact) mass is 539 g/mol. The van der Waals surface area contributed by atoms with Gasteiger partial charge in [-0.15, -0.1) is 24.0 Å². The number of rotatable bonds is 11. The van der Waals surface area contributed by atoms with Crippen molar-refractivity contribution in [2.75, 3.05) is 51.2 Å². The third-order valence-electron chi connectivity index (χ3n) is 5.26. The van der Waals surface area contributed by atoms with Crippen LogP contribution < -0.4 is 20.3 Å². The van der Waals surface area contributed by atoms with Gasteiger partial charge < -0.3 is 25.2 Å². The lowest BCUT2D eigenvalue weighted by Gasteiger charge is -2.22. The molecule has 2 N–H and O–H groups in total. The van der Waals surface area contributed by atoms with Crippen molar-refractivity contribution in [1.82, 2.24) is 15.5 Å². The number of ether oxygens (including phenoxy) is 1. The zero-order valence-corrected chi connectivity index (χ0v) is 20.6. The van der Waals surface area contributed by atoms with Gasteiger partial charge in [0.15, 0.2) is 5.96 Å². The lowest BCUT2D eigenvalue weighted by atomic mass is 10.2. The predicted molar refractivity (Wildman–Crippen MR) is 131 cm³/mol. The first-order valence-electron chi connectivity index (χ1n) is 10.6. The molecule has 1 aromatic carbocycles. The minimum atomic E-state index is -2.82. The molecule has 1 unspecified atom stereocenters. The third kappa shape index (κ3) is 8.79. The van der Waals surface area contributed by atoms with Crippen molar-refractivity contribution in [3.63, 3.8) is 0 Å². The Hall–Kier alpha value is -1.36. The van der Waals surface area contributed by atoms with Crippen LogP contribution in [0.4, 0.5) is 14.5 Å². The Labute approximate surface area is 196 Å². The van der Waals surface area contributed by atoms with Gasteiger partial charge in [-0.1, -0.05) is 26.0 Å². The highest BCUT2D eigenvalue weighted by atomic mass is 127. The van der Waals surface area contributed by atoms with Crippen LogP contribution in [0.3, 0.4) is 0 Å². The first kappa shape index (κ1) is 26.7. The zero-order chi connectivity index (χ0) is 21.1. The van der Waals surface area contributed by atoms with E-state index < -0.39 is 6.61 Å². The summed E-state index contributed by atoms with van der Waals surface area (Å²) in [6.07, 6.45) is 3.15. The Balaban J connectivity index is 0.00000450. The van der Waals surface area contributed by atoms with Crippen LogP contribution in [-0.2, 0) is 0 Å². The Morgan fingerprint density at radius 2 is 2.00 bits per heavy atom. The quantitative estimate of drug-likeness (QED) is 0.194. The highest BCUT2D eigenvalue weighted by Crippen LogP contribution is 2.31. The molecule has 0 spiro atoms. The van der Waals surface area contributed by atoms with Crippen LogP contribution in [0, 0.1) is 0 Å². The van der Waals surface area contributed by atoms with Crippen LogP contribution in [0.25, 0.3) is 0 Å². The highest BCUT2D eigenvalue weighted by Gasteiger charge is 2.25. The summed E-state index contributed by atoms with van der Waals surface area (Å²) in [7, 11) is 1.77. The summed E-state index contributed by atoms with van der Waals surface area (Å²) in [5.41, 5.74) is 0.705. The topological polar surface area (TPSA) is 52.1 Å². The first-order chi connectivity index (χ1) is 14.1. The van der Waals surface area contributed by atoms with Gasteiger partial charge in [-0.2, -0.15) is 8.78 Å². The van der Waals surface area contributed by atoms with E-state index in [1.807, 2.05) is 12.1 Å². The molecular formula is C21H36F2IN5O. The van der Waals surface area contributed by atoms with Crippen molar-refractivity contribution in [2.45, 2.75) is 45.8 Å². The molecule has 0 radical (unpaired) electrons. The number of nitrogens with one attached hydrogen (secondary N) is 2. The summed E-state index contributed by atoms with van der Waals surface area (Å²) in [6.45, 7) is 7.24. The van der Waals surface area contributed by atoms with E-state index in [0.717, 1.165) is 57.9 Å². The van der Waals surface area contributed by atoms with Gasteiger partial charge in [-0.05, 0) is 51.0 Å². The second-order valence-corrected chi connectivity index (χ2v) is 7.16. The third-order valence-corrected chi connectivity index (χ3v) is 5.26. The molecule has 1 saturated heterocycles. The molecule has 0 saturated carbocycles.